The number of hydrogen-bond donors (Lipinski definition) is 1. The molecule has 1 N–H and O–H groups in total. The molecule has 6 heteroatoms. The fourth-order valence-corrected chi connectivity index (χ4v) is 1.79. The highest BCUT2D eigenvalue weighted by molar-refractivity contribution is 6.43. The lowest BCUT2D eigenvalue weighted by Crippen LogP contribution is -2.16. The van der Waals surface area contributed by atoms with Crippen LogP contribution in [0.4, 0.5) is 10.5 Å². The molecule has 0 fully saturated rings. The van der Waals surface area contributed by atoms with Gasteiger partial charge in [-0.15, -0.1) is 0 Å². The number of nitrogens with zero attached hydrogens (tertiary/aromatic N) is 1. The average molecular weight is 307 g/mol. The molecule has 0 atom stereocenters. The molecule has 0 saturated carbocycles. The molecule has 0 aromatic heterocycles. The van der Waals surface area contributed by atoms with Crippen molar-refractivity contribution in [2.45, 2.75) is 0 Å². The van der Waals surface area contributed by atoms with Gasteiger partial charge in [-0.1, -0.05) is 29.3 Å². The number of carbonyl (C=O) groups is 1. The summed E-state index contributed by atoms with van der Waals surface area (Å²) in [6.45, 7) is 0. The van der Waals surface area contributed by atoms with Crippen molar-refractivity contribution >= 4 is 35.0 Å². The van der Waals surface area contributed by atoms with Gasteiger partial charge in [-0.25, -0.2) is 4.79 Å². The van der Waals surface area contributed by atoms with E-state index in [0.29, 0.717) is 22.0 Å². The molecule has 0 spiro atoms. The van der Waals surface area contributed by atoms with Crippen LogP contribution in [0.2, 0.25) is 10.0 Å². The van der Waals surface area contributed by atoms with E-state index < -0.39 is 6.09 Å². The Hall–Kier alpha value is -2.22. The minimum Gasteiger partial charge on any atom is -0.410 e. The second kappa shape index (κ2) is 6.29. The van der Waals surface area contributed by atoms with Gasteiger partial charge < -0.3 is 4.74 Å². The number of halogens is 2. The molecule has 2 aromatic carbocycles. The van der Waals surface area contributed by atoms with Gasteiger partial charge >= 0.3 is 6.09 Å². The van der Waals surface area contributed by atoms with Crippen molar-refractivity contribution in [2.75, 3.05) is 5.32 Å². The number of ether oxygens (including phenoxy) is 1. The molecule has 0 aliphatic carbocycles. The number of rotatable bonds is 2. The summed E-state index contributed by atoms with van der Waals surface area (Å²) >= 11 is 11.8. The van der Waals surface area contributed by atoms with Crippen molar-refractivity contribution < 1.29 is 9.53 Å². The van der Waals surface area contributed by atoms with Gasteiger partial charge in [0.2, 0.25) is 0 Å². The van der Waals surface area contributed by atoms with E-state index in [9.17, 15) is 4.79 Å². The topological polar surface area (TPSA) is 62.1 Å². The summed E-state index contributed by atoms with van der Waals surface area (Å²) in [5.41, 5.74) is 0.841. The minimum absolute atomic E-state index is 0.242. The molecule has 0 aliphatic rings. The smallest absolute Gasteiger partial charge is 0.410 e. The van der Waals surface area contributed by atoms with Crippen molar-refractivity contribution in [2.24, 2.45) is 0 Å². The summed E-state index contributed by atoms with van der Waals surface area (Å²) in [4.78, 5) is 11.7. The Kier molecular flexibility index (Phi) is 4.46. The number of nitrogens with one attached hydrogen (secondary N) is 1. The average Bonchev–Trinajstić information content (AvgIpc) is 2.45. The molecule has 0 bridgehead atoms. The molecule has 0 heterocycles. The van der Waals surface area contributed by atoms with Gasteiger partial charge in [0.25, 0.3) is 0 Å². The molecule has 20 heavy (non-hydrogen) atoms. The van der Waals surface area contributed by atoms with E-state index in [1.54, 1.807) is 30.3 Å². The maximum Gasteiger partial charge on any atom is 0.417 e. The Morgan fingerprint density at radius 3 is 2.50 bits per heavy atom. The highest BCUT2D eigenvalue weighted by Gasteiger charge is 2.09. The van der Waals surface area contributed by atoms with Crippen LogP contribution >= 0.6 is 23.2 Å². The van der Waals surface area contributed by atoms with Crippen molar-refractivity contribution in [3.05, 3.63) is 58.1 Å². The molecule has 0 aliphatic heterocycles. The van der Waals surface area contributed by atoms with Gasteiger partial charge in [0.15, 0.2) is 0 Å². The van der Waals surface area contributed by atoms with Crippen LogP contribution < -0.4 is 10.1 Å². The number of nitriles is 1. The van der Waals surface area contributed by atoms with Crippen molar-refractivity contribution in [1.29, 1.82) is 5.26 Å². The first-order chi connectivity index (χ1) is 9.60. The standard InChI is InChI=1S/C14H8Cl2N2O2/c15-11-2-1-3-12(13(11)16)18-14(19)20-10-6-4-9(8-17)5-7-10/h1-7H,(H,18,19). The lowest BCUT2D eigenvalue weighted by Gasteiger charge is -2.08. The van der Waals surface area contributed by atoms with E-state index in [0.717, 1.165) is 0 Å². The predicted molar refractivity (Wildman–Crippen MR) is 77.3 cm³/mol. The van der Waals surface area contributed by atoms with Gasteiger partial charge in [0.05, 0.1) is 27.4 Å². The molecule has 1 amide bonds. The summed E-state index contributed by atoms with van der Waals surface area (Å²) in [6.07, 6.45) is -0.695. The van der Waals surface area contributed by atoms with E-state index in [4.69, 9.17) is 33.2 Å². The zero-order valence-electron chi connectivity index (χ0n) is 10.1. The molecule has 0 saturated heterocycles. The zero-order valence-corrected chi connectivity index (χ0v) is 11.6. The molecule has 2 aromatic rings. The first kappa shape index (κ1) is 14.2. The Morgan fingerprint density at radius 2 is 1.85 bits per heavy atom. The van der Waals surface area contributed by atoms with Gasteiger partial charge in [-0.3, -0.25) is 5.32 Å². The normalized spacial score (nSPS) is 9.65. The number of benzene rings is 2. The van der Waals surface area contributed by atoms with Crippen LogP contribution in [-0.2, 0) is 0 Å². The fraction of sp³-hybridized carbons (Fsp3) is 0. The Bertz CT molecular complexity index is 679. The highest BCUT2D eigenvalue weighted by atomic mass is 35.5. The third-order valence-corrected chi connectivity index (χ3v) is 3.20. The first-order valence-corrected chi connectivity index (χ1v) is 6.29. The lowest BCUT2D eigenvalue weighted by molar-refractivity contribution is 0.215. The molecular weight excluding hydrogens is 299 g/mol. The second-order valence-electron chi connectivity index (χ2n) is 3.75. The van der Waals surface area contributed by atoms with Crippen LogP contribution in [0.25, 0.3) is 0 Å². The maximum absolute atomic E-state index is 11.7. The summed E-state index contributed by atoms with van der Waals surface area (Å²) in [7, 11) is 0. The molecule has 100 valence electrons. The minimum atomic E-state index is -0.695. The first-order valence-electron chi connectivity index (χ1n) is 5.53. The van der Waals surface area contributed by atoms with Crippen LogP contribution in [0.15, 0.2) is 42.5 Å². The molecular formula is C14H8Cl2N2O2. The SMILES string of the molecule is N#Cc1ccc(OC(=O)Nc2cccc(Cl)c2Cl)cc1. The quantitative estimate of drug-likeness (QED) is 0.890. The van der Waals surface area contributed by atoms with Crippen molar-refractivity contribution in [1.82, 2.24) is 0 Å². The summed E-state index contributed by atoms with van der Waals surface area (Å²) in [5, 5.41) is 11.7. The van der Waals surface area contributed by atoms with Crippen LogP contribution in [0, 0.1) is 11.3 Å². The molecule has 0 unspecified atom stereocenters. The molecule has 4 nitrogen and oxygen atoms in total. The van der Waals surface area contributed by atoms with Gasteiger partial charge in [0, 0.05) is 0 Å². The number of carbonyl (C=O) groups excluding carboxylic acids is 1. The van der Waals surface area contributed by atoms with Crippen LogP contribution in [0.3, 0.4) is 0 Å². The Morgan fingerprint density at radius 1 is 1.15 bits per heavy atom. The van der Waals surface area contributed by atoms with E-state index in [2.05, 4.69) is 5.32 Å². The van der Waals surface area contributed by atoms with E-state index in [1.165, 1.54) is 12.1 Å². The lowest BCUT2D eigenvalue weighted by atomic mass is 10.2. The van der Waals surface area contributed by atoms with Crippen LogP contribution in [-0.4, -0.2) is 6.09 Å². The maximum atomic E-state index is 11.7. The van der Waals surface area contributed by atoms with E-state index in [-0.39, 0.29) is 5.02 Å². The second-order valence-corrected chi connectivity index (χ2v) is 4.54. The van der Waals surface area contributed by atoms with Crippen LogP contribution in [0.1, 0.15) is 5.56 Å². The van der Waals surface area contributed by atoms with Crippen LogP contribution in [0.5, 0.6) is 5.75 Å². The number of amides is 1. The third kappa shape index (κ3) is 3.41. The van der Waals surface area contributed by atoms with Gasteiger partial charge in [-0.2, -0.15) is 5.26 Å². The zero-order chi connectivity index (χ0) is 14.5. The monoisotopic (exact) mass is 306 g/mol. The summed E-state index contributed by atoms with van der Waals surface area (Å²) in [6, 6.07) is 13.0. The Labute approximate surface area is 125 Å². The number of anilines is 1. The summed E-state index contributed by atoms with van der Waals surface area (Å²) in [5.74, 6) is 0.319. The van der Waals surface area contributed by atoms with E-state index >= 15 is 0 Å². The van der Waals surface area contributed by atoms with Gasteiger partial charge in [-0.05, 0) is 36.4 Å². The fourth-order valence-electron chi connectivity index (χ4n) is 1.44. The molecule has 0 radical (unpaired) electrons. The molecule has 2 rings (SSSR count). The van der Waals surface area contributed by atoms with Crippen molar-refractivity contribution in [3.8, 4) is 11.8 Å². The third-order valence-electron chi connectivity index (χ3n) is 2.38. The highest BCUT2D eigenvalue weighted by Crippen LogP contribution is 2.29. The Balaban J connectivity index is 2.05. The van der Waals surface area contributed by atoms with Gasteiger partial charge in [0.1, 0.15) is 5.75 Å². The van der Waals surface area contributed by atoms with E-state index in [1.807, 2.05) is 6.07 Å². The predicted octanol–water partition coefficient (Wildman–Crippen LogP) is 4.48. The van der Waals surface area contributed by atoms with Crippen molar-refractivity contribution in [3.63, 3.8) is 0 Å². The number of hydrogen-bond acceptors (Lipinski definition) is 3. The largest absolute Gasteiger partial charge is 0.417 e. The summed E-state index contributed by atoms with van der Waals surface area (Å²) < 4.78 is 5.05.